The zero-order valence-corrected chi connectivity index (χ0v) is 15.3. The van der Waals surface area contributed by atoms with Crippen LogP contribution >= 0.6 is 0 Å². The number of fused-ring (bicyclic) bond motifs is 5. The average Bonchev–Trinajstić information content (AvgIpc) is 2.82. The van der Waals surface area contributed by atoms with E-state index in [9.17, 15) is 9.59 Å². The van der Waals surface area contributed by atoms with Crippen LogP contribution < -0.4 is 0 Å². The molecule has 132 valence electrons. The Morgan fingerprint density at radius 3 is 2.67 bits per heavy atom. The lowest BCUT2D eigenvalue weighted by Gasteiger charge is -2.58. The number of Topliss-reactive ketones (excluding diaryl/α,β-unsaturated/α-hetero) is 1. The van der Waals surface area contributed by atoms with Crippen LogP contribution in [0.5, 0.6) is 0 Å². The number of allylic oxidation sites excluding steroid dienone is 1. The van der Waals surface area contributed by atoms with Gasteiger partial charge < -0.3 is 4.74 Å². The Kier molecular flexibility index (Phi) is 3.71. The fourth-order valence-electron chi connectivity index (χ4n) is 6.87. The van der Waals surface area contributed by atoms with Crippen molar-refractivity contribution in [3.63, 3.8) is 0 Å². The van der Waals surface area contributed by atoms with E-state index in [4.69, 9.17) is 4.74 Å². The Balaban J connectivity index is 1.73. The highest BCUT2D eigenvalue weighted by Gasteiger charge is 2.60. The summed E-state index contributed by atoms with van der Waals surface area (Å²) in [7, 11) is 0. The molecule has 3 nitrogen and oxygen atoms in total. The minimum atomic E-state index is -0.173. The summed E-state index contributed by atoms with van der Waals surface area (Å²) in [4.78, 5) is 24.2. The average molecular weight is 330 g/mol. The quantitative estimate of drug-likeness (QED) is 0.527. The molecule has 0 aromatic carbocycles. The highest BCUT2D eigenvalue weighted by molar-refractivity contribution is 5.87. The molecule has 0 saturated heterocycles. The fourth-order valence-corrected chi connectivity index (χ4v) is 6.87. The smallest absolute Gasteiger partial charge is 0.303 e. The molecule has 0 unspecified atom stereocenters. The molecule has 0 spiro atoms. The first-order valence-electron chi connectivity index (χ1n) is 9.77. The van der Waals surface area contributed by atoms with Crippen LogP contribution in [0.4, 0.5) is 0 Å². The Hall–Kier alpha value is -1.12. The second-order valence-electron chi connectivity index (χ2n) is 9.10. The van der Waals surface area contributed by atoms with Crippen molar-refractivity contribution in [2.24, 2.45) is 28.6 Å². The van der Waals surface area contributed by atoms with Crippen molar-refractivity contribution in [2.75, 3.05) is 0 Å². The van der Waals surface area contributed by atoms with E-state index < -0.39 is 0 Å². The van der Waals surface area contributed by atoms with Gasteiger partial charge in [0.05, 0.1) is 0 Å². The summed E-state index contributed by atoms with van der Waals surface area (Å²) < 4.78 is 5.79. The van der Waals surface area contributed by atoms with Gasteiger partial charge >= 0.3 is 5.97 Å². The van der Waals surface area contributed by atoms with Crippen molar-refractivity contribution < 1.29 is 14.3 Å². The Morgan fingerprint density at radius 2 is 1.92 bits per heavy atom. The molecule has 0 amide bonds. The molecule has 3 fully saturated rings. The monoisotopic (exact) mass is 330 g/mol. The lowest BCUT2D eigenvalue weighted by molar-refractivity contribution is -0.153. The van der Waals surface area contributed by atoms with Crippen molar-refractivity contribution in [2.45, 2.75) is 78.2 Å². The van der Waals surface area contributed by atoms with E-state index in [0.29, 0.717) is 23.5 Å². The second kappa shape index (κ2) is 5.44. The molecule has 24 heavy (non-hydrogen) atoms. The van der Waals surface area contributed by atoms with Crippen molar-refractivity contribution in [1.29, 1.82) is 0 Å². The molecule has 0 heterocycles. The Labute approximate surface area is 145 Å². The Bertz CT molecular complexity index is 606. The predicted molar refractivity (Wildman–Crippen MR) is 92.3 cm³/mol. The molecule has 3 saturated carbocycles. The van der Waals surface area contributed by atoms with Gasteiger partial charge in [-0.1, -0.05) is 19.9 Å². The molecule has 0 aromatic rings. The first kappa shape index (κ1) is 16.4. The molecule has 0 bridgehead atoms. The van der Waals surface area contributed by atoms with Crippen LogP contribution in [0.1, 0.15) is 72.1 Å². The molecule has 0 N–H and O–H groups in total. The lowest BCUT2D eigenvalue weighted by Crippen LogP contribution is -2.54. The summed E-state index contributed by atoms with van der Waals surface area (Å²) in [5.41, 5.74) is 1.43. The van der Waals surface area contributed by atoms with Crippen LogP contribution in [-0.4, -0.2) is 17.9 Å². The minimum absolute atomic E-state index is 0.0629. The van der Waals surface area contributed by atoms with Crippen LogP contribution in [0.15, 0.2) is 11.6 Å². The van der Waals surface area contributed by atoms with Gasteiger partial charge in [0.15, 0.2) is 0 Å². The summed E-state index contributed by atoms with van der Waals surface area (Å²) in [5.74, 6) is 1.97. The highest BCUT2D eigenvalue weighted by Crippen LogP contribution is 2.64. The van der Waals surface area contributed by atoms with Crippen LogP contribution in [-0.2, 0) is 14.3 Å². The van der Waals surface area contributed by atoms with E-state index in [1.54, 1.807) is 0 Å². The van der Waals surface area contributed by atoms with Crippen molar-refractivity contribution in [3.05, 3.63) is 11.6 Å². The van der Waals surface area contributed by atoms with Gasteiger partial charge in [0, 0.05) is 18.8 Å². The number of ketones is 1. The van der Waals surface area contributed by atoms with Gasteiger partial charge in [-0.15, -0.1) is 0 Å². The molecule has 4 rings (SSSR count). The maximum absolute atomic E-state index is 12.5. The molecule has 0 aromatic heterocycles. The van der Waals surface area contributed by atoms with Gasteiger partial charge in [-0.25, -0.2) is 0 Å². The SMILES string of the molecule is CC(=O)O[C@@H]1C[C@@H]2[C@H](CC[C@]3(C)C(=O)CC[C@@H]23)[C@@]2(C)CCCC=C12. The van der Waals surface area contributed by atoms with Crippen LogP contribution in [0.25, 0.3) is 0 Å². The van der Waals surface area contributed by atoms with Gasteiger partial charge in [-0.05, 0) is 73.7 Å². The van der Waals surface area contributed by atoms with Crippen molar-refractivity contribution in [1.82, 2.24) is 0 Å². The topological polar surface area (TPSA) is 43.4 Å². The van der Waals surface area contributed by atoms with Crippen LogP contribution in [0.2, 0.25) is 0 Å². The van der Waals surface area contributed by atoms with Crippen molar-refractivity contribution in [3.8, 4) is 0 Å². The summed E-state index contributed by atoms with van der Waals surface area (Å²) in [6.07, 6.45) is 10.8. The van der Waals surface area contributed by atoms with Gasteiger partial charge in [-0.3, -0.25) is 9.59 Å². The largest absolute Gasteiger partial charge is 0.458 e. The minimum Gasteiger partial charge on any atom is -0.458 e. The van der Waals surface area contributed by atoms with E-state index in [1.807, 2.05) is 0 Å². The van der Waals surface area contributed by atoms with E-state index in [2.05, 4.69) is 19.9 Å². The third kappa shape index (κ3) is 2.16. The Morgan fingerprint density at radius 1 is 1.17 bits per heavy atom. The normalized spacial score (nSPS) is 47.3. The highest BCUT2D eigenvalue weighted by atomic mass is 16.5. The number of carbonyl (C=O) groups excluding carboxylic acids is 2. The second-order valence-corrected chi connectivity index (χ2v) is 9.10. The van der Waals surface area contributed by atoms with Gasteiger partial charge in [0.25, 0.3) is 0 Å². The third-order valence-electron chi connectivity index (χ3n) is 8.03. The maximum Gasteiger partial charge on any atom is 0.303 e. The number of hydrogen-bond donors (Lipinski definition) is 0. The number of rotatable bonds is 1. The number of ether oxygens (including phenoxy) is 1. The molecular formula is C21H30O3. The molecular weight excluding hydrogens is 300 g/mol. The van der Waals surface area contributed by atoms with Crippen LogP contribution in [0, 0.1) is 28.6 Å². The molecule has 4 aliphatic rings. The van der Waals surface area contributed by atoms with E-state index in [0.717, 1.165) is 38.5 Å². The number of carbonyl (C=O) groups is 2. The van der Waals surface area contributed by atoms with Crippen LogP contribution in [0.3, 0.4) is 0 Å². The molecule has 4 aliphatic carbocycles. The summed E-state index contributed by atoms with van der Waals surface area (Å²) in [6.45, 7) is 6.14. The maximum atomic E-state index is 12.5. The van der Waals surface area contributed by atoms with E-state index in [1.165, 1.54) is 25.3 Å². The van der Waals surface area contributed by atoms with Gasteiger partial charge in [0.1, 0.15) is 11.9 Å². The summed E-state index contributed by atoms with van der Waals surface area (Å²) >= 11 is 0. The molecule has 0 aliphatic heterocycles. The predicted octanol–water partition coefficient (Wildman–Crippen LogP) is 4.45. The molecule has 0 radical (unpaired) electrons. The number of hydrogen-bond acceptors (Lipinski definition) is 3. The first-order chi connectivity index (χ1) is 11.4. The van der Waals surface area contributed by atoms with Crippen molar-refractivity contribution >= 4 is 11.8 Å². The van der Waals surface area contributed by atoms with E-state index >= 15 is 0 Å². The summed E-state index contributed by atoms with van der Waals surface area (Å²) in [6, 6.07) is 0. The fraction of sp³-hybridized carbons (Fsp3) is 0.810. The molecule has 6 atom stereocenters. The van der Waals surface area contributed by atoms with E-state index in [-0.39, 0.29) is 22.9 Å². The van der Waals surface area contributed by atoms with Gasteiger partial charge in [-0.2, -0.15) is 0 Å². The van der Waals surface area contributed by atoms with Gasteiger partial charge in [0.2, 0.25) is 0 Å². The standard InChI is InChI=1S/C21H30O3/c1-13(22)24-18-12-14-15-7-8-19(23)21(15,3)11-9-16(14)20(2)10-5-4-6-17(18)20/h6,14-16,18H,4-5,7-12H2,1-3H3/t14-,15-,16-,18+,20+,21-/m0/s1. The zero-order chi connectivity index (χ0) is 17.1. The third-order valence-corrected chi connectivity index (χ3v) is 8.03. The zero-order valence-electron chi connectivity index (χ0n) is 15.3. The summed E-state index contributed by atoms with van der Waals surface area (Å²) in [5, 5.41) is 0. The number of esters is 1. The first-order valence-corrected chi connectivity index (χ1v) is 9.77. The lowest BCUT2D eigenvalue weighted by atomic mass is 9.47. The molecule has 3 heteroatoms.